The van der Waals surface area contributed by atoms with Gasteiger partial charge in [-0.2, -0.15) is 0 Å². The SMILES string of the molecule is CCCc1c(C)nc(-c2ccccc2)nc1Nc1ccc(C)cc1. The van der Waals surface area contributed by atoms with Crippen molar-refractivity contribution < 1.29 is 0 Å². The quantitative estimate of drug-likeness (QED) is 0.679. The van der Waals surface area contributed by atoms with Crippen LogP contribution < -0.4 is 5.32 Å². The van der Waals surface area contributed by atoms with E-state index in [9.17, 15) is 0 Å². The molecule has 3 aromatic rings. The van der Waals surface area contributed by atoms with E-state index in [1.807, 2.05) is 30.3 Å². The molecule has 3 nitrogen and oxygen atoms in total. The Bertz CT molecular complexity index is 808. The lowest BCUT2D eigenvalue weighted by molar-refractivity contribution is 0.888. The largest absolute Gasteiger partial charge is 0.340 e. The first-order chi connectivity index (χ1) is 11.7. The highest BCUT2D eigenvalue weighted by Crippen LogP contribution is 2.26. The van der Waals surface area contributed by atoms with Crippen LogP contribution in [-0.2, 0) is 6.42 Å². The van der Waals surface area contributed by atoms with Gasteiger partial charge < -0.3 is 5.32 Å². The number of nitrogens with zero attached hydrogens (tertiary/aromatic N) is 2. The molecular weight excluding hydrogens is 294 g/mol. The monoisotopic (exact) mass is 317 g/mol. The maximum atomic E-state index is 4.82. The van der Waals surface area contributed by atoms with Crippen molar-refractivity contribution in [2.75, 3.05) is 5.32 Å². The Balaban J connectivity index is 2.03. The van der Waals surface area contributed by atoms with Crippen molar-refractivity contribution in [3.8, 4) is 11.4 Å². The molecule has 122 valence electrons. The molecule has 24 heavy (non-hydrogen) atoms. The summed E-state index contributed by atoms with van der Waals surface area (Å²) in [6, 6.07) is 18.5. The summed E-state index contributed by atoms with van der Waals surface area (Å²) in [5.41, 5.74) is 5.57. The average molecular weight is 317 g/mol. The highest BCUT2D eigenvalue weighted by atomic mass is 15.0. The van der Waals surface area contributed by atoms with E-state index in [4.69, 9.17) is 9.97 Å². The van der Waals surface area contributed by atoms with E-state index in [0.29, 0.717) is 0 Å². The molecule has 0 bridgehead atoms. The Labute approximate surface area is 143 Å². The Kier molecular flexibility index (Phi) is 4.90. The Morgan fingerprint density at radius 3 is 2.25 bits per heavy atom. The number of benzene rings is 2. The van der Waals surface area contributed by atoms with Crippen LogP contribution in [0.2, 0.25) is 0 Å². The zero-order valence-electron chi connectivity index (χ0n) is 14.5. The first kappa shape index (κ1) is 16.2. The normalized spacial score (nSPS) is 10.6. The molecule has 1 N–H and O–H groups in total. The van der Waals surface area contributed by atoms with E-state index in [0.717, 1.165) is 41.4 Å². The second-order valence-electron chi connectivity index (χ2n) is 6.07. The zero-order valence-corrected chi connectivity index (χ0v) is 14.5. The first-order valence-electron chi connectivity index (χ1n) is 8.44. The number of anilines is 2. The van der Waals surface area contributed by atoms with Gasteiger partial charge in [-0.05, 0) is 32.4 Å². The van der Waals surface area contributed by atoms with Gasteiger partial charge in [0.2, 0.25) is 0 Å². The summed E-state index contributed by atoms with van der Waals surface area (Å²) in [6.45, 7) is 6.34. The molecule has 0 fully saturated rings. The molecule has 0 spiro atoms. The van der Waals surface area contributed by atoms with Crippen LogP contribution >= 0.6 is 0 Å². The van der Waals surface area contributed by atoms with Crippen molar-refractivity contribution in [1.82, 2.24) is 9.97 Å². The van der Waals surface area contributed by atoms with E-state index in [2.05, 4.69) is 50.4 Å². The van der Waals surface area contributed by atoms with Crippen LogP contribution in [-0.4, -0.2) is 9.97 Å². The number of aryl methyl sites for hydroxylation is 2. The maximum Gasteiger partial charge on any atom is 0.161 e. The van der Waals surface area contributed by atoms with Crippen LogP contribution in [0.1, 0.15) is 30.2 Å². The van der Waals surface area contributed by atoms with Crippen molar-refractivity contribution in [3.63, 3.8) is 0 Å². The van der Waals surface area contributed by atoms with Gasteiger partial charge in [0.15, 0.2) is 5.82 Å². The number of rotatable bonds is 5. The fourth-order valence-corrected chi connectivity index (χ4v) is 2.74. The van der Waals surface area contributed by atoms with E-state index >= 15 is 0 Å². The topological polar surface area (TPSA) is 37.8 Å². The van der Waals surface area contributed by atoms with E-state index in [1.165, 1.54) is 11.1 Å². The van der Waals surface area contributed by atoms with Crippen LogP contribution in [0.3, 0.4) is 0 Å². The summed E-state index contributed by atoms with van der Waals surface area (Å²) >= 11 is 0. The minimum atomic E-state index is 0.766. The van der Waals surface area contributed by atoms with Crippen LogP contribution in [0.4, 0.5) is 11.5 Å². The predicted octanol–water partition coefficient (Wildman–Crippen LogP) is 5.46. The van der Waals surface area contributed by atoms with Gasteiger partial charge in [-0.25, -0.2) is 9.97 Å². The second kappa shape index (κ2) is 7.26. The molecular formula is C21H23N3. The van der Waals surface area contributed by atoms with Gasteiger partial charge in [0.1, 0.15) is 5.82 Å². The summed E-state index contributed by atoms with van der Waals surface area (Å²) < 4.78 is 0. The van der Waals surface area contributed by atoms with E-state index in [-0.39, 0.29) is 0 Å². The van der Waals surface area contributed by atoms with E-state index < -0.39 is 0 Å². The van der Waals surface area contributed by atoms with Crippen LogP contribution in [0.25, 0.3) is 11.4 Å². The van der Waals surface area contributed by atoms with Gasteiger partial charge in [0.05, 0.1) is 0 Å². The number of aromatic nitrogens is 2. The third kappa shape index (κ3) is 3.62. The molecule has 0 saturated carbocycles. The highest BCUT2D eigenvalue weighted by Gasteiger charge is 2.12. The van der Waals surface area contributed by atoms with Gasteiger partial charge in [0.25, 0.3) is 0 Å². The lowest BCUT2D eigenvalue weighted by Crippen LogP contribution is -2.06. The molecule has 1 aromatic heterocycles. The number of hydrogen-bond acceptors (Lipinski definition) is 3. The minimum Gasteiger partial charge on any atom is -0.340 e. The van der Waals surface area contributed by atoms with Crippen LogP contribution in [0, 0.1) is 13.8 Å². The molecule has 1 heterocycles. The van der Waals surface area contributed by atoms with Crippen LogP contribution in [0.5, 0.6) is 0 Å². The Morgan fingerprint density at radius 2 is 1.58 bits per heavy atom. The first-order valence-corrected chi connectivity index (χ1v) is 8.44. The predicted molar refractivity (Wildman–Crippen MR) is 101 cm³/mol. The van der Waals surface area contributed by atoms with Gasteiger partial charge in [-0.15, -0.1) is 0 Å². The molecule has 0 aliphatic rings. The smallest absolute Gasteiger partial charge is 0.161 e. The average Bonchev–Trinajstić information content (AvgIpc) is 2.60. The van der Waals surface area contributed by atoms with Crippen molar-refractivity contribution in [2.45, 2.75) is 33.6 Å². The van der Waals surface area contributed by atoms with Gasteiger partial charge >= 0.3 is 0 Å². The summed E-state index contributed by atoms with van der Waals surface area (Å²) in [5.74, 6) is 1.68. The van der Waals surface area contributed by atoms with Crippen LogP contribution in [0.15, 0.2) is 54.6 Å². The maximum absolute atomic E-state index is 4.82. The standard InChI is InChI=1S/C21H23N3/c1-4-8-19-16(3)22-20(17-9-6-5-7-10-17)24-21(19)23-18-13-11-15(2)12-14-18/h5-7,9-14H,4,8H2,1-3H3,(H,22,23,24). The number of nitrogens with one attached hydrogen (secondary N) is 1. The van der Waals surface area contributed by atoms with E-state index in [1.54, 1.807) is 0 Å². The fraction of sp³-hybridized carbons (Fsp3) is 0.238. The Morgan fingerprint density at radius 1 is 0.875 bits per heavy atom. The second-order valence-corrected chi connectivity index (χ2v) is 6.07. The molecule has 2 aromatic carbocycles. The van der Waals surface area contributed by atoms with Gasteiger partial charge in [0, 0.05) is 22.5 Å². The third-order valence-corrected chi connectivity index (χ3v) is 4.06. The molecule has 3 heteroatoms. The highest BCUT2D eigenvalue weighted by molar-refractivity contribution is 5.65. The molecule has 0 atom stereocenters. The minimum absolute atomic E-state index is 0.766. The van der Waals surface area contributed by atoms with Crippen molar-refractivity contribution in [1.29, 1.82) is 0 Å². The summed E-state index contributed by atoms with van der Waals surface area (Å²) in [4.78, 5) is 9.55. The summed E-state index contributed by atoms with van der Waals surface area (Å²) in [6.07, 6.45) is 2.03. The van der Waals surface area contributed by atoms with Gasteiger partial charge in [-0.1, -0.05) is 61.4 Å². The summed E-state index contributed by atoms with van der Waals surface area (Å²) in [7, 11) is 0. The molecule has 0 unspecified atom stereocenters. The molecule has 0 radical (unpaired) electrons. The molecule has 0 aliphatic heterocycles. The lowest BCUT2D eigenvalue weighted by atomic mass is 10.1. The molecule has 0 aliphatic carbocycles. The van der Waals surface area contributed by atoms with Crippen molar-refractivity contribution >= 4 is 11.5 Å². The summed E-state index contributed by atoms with van der Waals surface area (Å²) in [5, 5.41) is 3.48. The van der Waals surface area contributed by atoms with Crippen molar-refractivity contribution in [3.05, 3.63) is 71.4 Å². The molecule has 0 saturated heterocycles. The van der Waals surface area contributed by atoms with Crippen molar-refractivity contribution in [2.24, 2.45) is 0 Å². The third-order valence-electron chi connectivity index (χ3n) is 4.06. The lowest BCUT2D eigenvalue weighted by Gasteiger charge is -2.15. The number of hydrogen-bond donors (Lipinski definition) is 1. The van der Waals surface area contributed by atoms with Gasteiger partial charge in [-0.3, -0.25) is 0 Å². The molecule has 0 amide bonds. The molecule has 3 rings (SSSR count). The Hall–Kier alpha value is -2.68. The fourth-order valence-electron chi connectivity index (χ4n) is 2.74. The zero-order chi connectivity index (χ0) is 16.9.